The Bertz CT molecular complexity index is 1680. The molecule has 1 amide bonds. The highest BCUT2D eigenvalue weighted by atomic mass is 35.5. The number of carbonyl (C=O) groups excluding carboxylic acids is 1. The van der Waals surface area contributed by atoms with E-state index in [1.807, 2.05) is 36.4 Å². The van der Waals surface area contributed by atoms with Crippen LogP contribution in [0.4, 0.5) is 5.82 Å². The molecular weight excluding hydrogens is 538 g/mol. The van der Waals surface area contributed by atoms with Gasteiger partial charge in [-0.15, -0.1) is 11.3 Å². The van der Waals surface area contributed by atoms with E-state index >= 15 is 0 Å². The number of ether oxygens (including phenoxy) is 1. The van der Waals surface area contributed by atoms with Crippen LogP contribution in [0.25, 0.3) is 10.9 Å². The second-order valence-corrected chi connectivity index (χ2v) is 11.5. The van der Waals surface area contributed by atoms with Gasteiger partial charge >= 0.3 is 0 Å². The summed E-state index contributed by atoms with van der Waals surface area (Å²) in [6, 6.07) is 16.0. The molecule has 0 radical (unpaired) electrons. The average Bonchev–Trinajstić information content (AvgIpc) is 3.64. The Morgan fingerprint density at radius 2 is 1.97 bits per heavy atom. The van der Waals surface area contributed by atoms with Crippen LogP contribution in [0.3, 0.4) is 0 Å². The highest BCUT2D eigenvalue weighted by Gasteiger charge is 2.23. The lowest BCUT2D eigenvalue weighted by molar-refractivity contribution is 0.0923. The van der Waals surface area contributed by atoms with Gasteiger partial charge in [0.1, 0.15) is 9.96 Å². The first-order valence-corrected chi connectivity index (χ1v) is 13.6. The van der Waals surface area contributed by atoms with Gasteiger partial charge in [0.05, 0.1) is 35.1 Å². The molecule has 3 heterocycles. The summed E-state index contributed by atoms with van der Waals surface area (Å²) < 4.78 is 41.2. The summed E-state index contributed by atoms with van der Waals surface area (Å²) in [7, 11) is -2.40. The van der Waals surface area contributed by atoms with Gasteiger partial charge in [-0.3, -0.25) is 14.2 Å². The molecule has 0 bridgehead atoms. The van der Waals surface area contributed by atoms with Crippen LogP contribution in [0, 0.1) is 0 Å². The maximum atomic E-state index is 13.0. The number of oxazole rings is 1. The maximum Gasteiger partial charge on any atom is 0.288 e. The number of halogens is 1. The number of thiophene rings is 1. The van der Waals surface area contributed by atoms with Crippen LogP contribution in [0.2, 0.25) is 4.34 Å². The number of amides is 1. The van der Waals surface area contributed by atoms with Crippen molar-refractivity contribution in [1.29, 1.82) is 0 Å². The summed E-state index contributed by atoms with van der Waals surface area (Å²) >= 11 is 6.90. The summed E-state index contributed by atoms with van der Waals surface area (Å²) in [5.74, 6) is 0.395. The van der Waals surface area contributed by atoms with Crippen LogP contribution in [0.15, 0.2) is 75.8 Å². The minimum Gasteiger partial charge on any atom is -0.496 e. The molecule has 0 aliphatic carbocycles. The quantitative estimate of drug-likeness (QED) is 0.272. The van der Waals surface area contributed by atoms with E-state index in [-0.39, 0.29) is 28.2 Å². The lowest BCUT2D eigenvalue weighted by atomic mass is 10.1. The Balaban J connectivity index is 1.43. The number of fused-ring (bicyclic) bond motifs is 1. The van der Waals surface area contributed by atoms with Gasteiger partial charge in [0, 0.05) is 6.54 Å². The van der Waals surface area contributed by atoms with Gasteiger partial charge in [0.2, 0.25) is 5.76 Å². The fraction of sp³-hybridized carbons (Fsp3) is 0.125. The largest absolute Gasteiger partial charge is 0.496 e. The predicted molar refractivity (Wildman–Crippen MR) is 140 cm³/mol. The minimum atomic E-state index is -3.91. The normalized spacial score (nSPS) is 11.5. The van der Waals surface area contributed by atoms with Crippen molar-refractivity contribution in [1.82, 2.24) is 20.1 Å². The van der Waals surface area contributed by atoms with Gasteiger partial charge in [-0.05, 0) is 35.4 Å². The molecule has 0 unspecified atom stereocenters. The number of carbonyl (C=O) groups is 1. The number of rotatable bonds is 9. The molecule has 0 fully saturated rings. The molecule has 5 rings (SSSR count). The Kier molecular flexibility index (Phi) is 6.87. The molecule has 3 aromatic heterocycles. The second kappa shape index (κ2) is 10.2. The van der Waals surface area contributed by atoms with E-state index in [9.17, 15) is 13.2 Å². The van der Waals surface area contributed by atoms with Crippen molar-refractivity contribution in [3.8, 4) is 5.75 Å². The Morgan fingerprint density at radius 3 is 2.70 bits per heavy atom. The highest BCUT2D eigenvalue weighted by Crippen LogP contribution is 2.35. The number of hydrogen-bond donors (Lipinski definition) is 2. The summed E-state index contributed by atoms with van der Waals surface area (Å²) in [6.07, 6.45) is 2.55. The molecule has 13 heteroatoms. The van der Waals surface area contributed by atoms with Crippen LogP contribution < -0.4 is 14.8 Å². The van der Waals surface area contributed by atoms with E-state index in [0.717, 1.165) is 22.5 Å². The molecule has 10 nitrogen and oxygen atoms in total. The third-order valence-corrected chi connectivity index (χ3v) is 8.50. The first-order chi connectivity index (χ1) is 17.8. The molecule has 190 valence electrons. The number of benzene rings is 2. The molecule has 5 aromatic rings. The predicted octanol–water partition coefficient (Wildman–Crippen LogP) is 4.53. The zero-order valence-electron chi connectivity index (χ0n) is 19.3. The van der Waals surface area contributed by atoms with Gasteiger partial charge in [0.25, 0.3) is 15.9 Å². The number of aromatic nitrogens is 3. The van der Waals surface area contributed by atoms with Gasteiger partial charge in [-0.1, -0.05) is 41.9 Å². The molecule has 0 atom stereocenters. The van der Waals surface area contributed by atoms with E-state index in [2.05, 4.69) is 20.1 Å². The second-order valence-electron chi connectivity index (χ2n) is 7.89. The van der Waals surface area contributed by atoms with Crippen molar-refractivity contribution >= 4 is 55.6 Å². The fourth-order valence-corrected chi connectivity index (χ4v) is 6.28. The van der Waals surface area contributed by atoms with Crippen molar-refractivity contribution in [2.75, 3.05) is 11.8 Å². The molecule has 2 aromatic carbocycles. The van der Waals surface area contributed by atoms with E-state index < -0.39 is 10.0 Å². The first-order valence-electron chi connectivity index (χ1n) is 10.9. The van der Waals surface area contributed by atoms with Gasteiger partial charge in [0.15, 0.2) is 12.2 Å². The van der Waals surface area contributed by atoms with Crippen molar-refractivity contribution in [2.24, 2.45) is 0 Å². The molecule has 37 heavy (non-hydrogen) atoms. The number of nitrogens with zero attached hydrogens (tertiary/aromatic N) is 3. The zero-order chi connectivity index (χ0) is 26.0. The number of nitrogens with one attached hydrogen (secondary N) is 2. The lowest BCUT2D eigenvalue weighted by Gasteiger charge is -2.08. The molecule has 2 N–H and O–H groups in total. The molecular formula is C24H20ClN5O5S2. The molecule has 0 spiro atoms. The summed E-state index contributed by atoms with van der Waals surface area (Å²) in [6.45, 7) is 0.635. The van der Waals surface area contributed by atoms with Crippen LogP contribution in [0.5, 0.6) is 5.75 Å². The summed E-state index contributed by atoms with van der Waals surface area (Å²) in [5.41, 5.74) is 2.46. The molecule has 0 aliphatic heterocycles. The van der Waals surface area contributed by atoms with Crippen molar-refractivity contribution in [2.45, 2.75) is 17.3 Å². The Morgan fingerprint density at radius 1 is 1.16 bits per heavy atom. The highest BCUT2D eigenvalue weighted by molar-refractivity contribution is 7.94. The number of sulfonamides is 1. The van der Waals surface area contributed by atoms with Crippen LogP contribution in [0.1, 0.15) is 21.7 Å². The number of methoxy groups -OCH3 is 1. The van der Waals surface area contributed by atoms with Crippen LogP contribution in [-0.4, -0.2) is 36.2 Å². The minimum absolute atomic E-state index is 0.0789. The monoisotopic (exact) mass is 557 g/mol. The molecule has 0 saturated heterocycles. The van der Waals surface area contributed by atoms with Crippen molar-refractivity contribution < 1.29 is 22.4 Å². The number of anilines is 1. The van der Waals surface area contributed by atoms with E-state index in [4.69, 9.17) is 20.8 Å². The van der Waals surface area contributed by atoms with Crippen LogP contribution in [-0.2, 0) is 23.1 Å². The van der Waals surface area contributed by atoms with Gasteiger partial charge in [-0.25, -0.2) is 13.4 Å². The SMILES string of the molecule is COc1cccc2c1c(NS(=O)(=O)c1ccc(Cl)s1)nn2Cc1cccc(CNC(=O)c2cnco2)c1. The smallest absolute Gasteiger partial charge is 0.288 e. The van der Waals surface area contributed by atoms with Gasteiger partial charge in [-0.2, -0.15) is 5.10 Å². The maximum absolute atomic E-state index is 13.0. The standard InChI is InChI=1S/C24H20ClN5O5S2/c1-34-18-7-3-6-17-22(18)23(29-37(32,33)21-9-8-20(25)36-21)28-30(17)13-16-5-2-4-15(10-16)11-27-24(31)19-12-26-14-35-19/h2-10,12,14H,11,13H2,1H3,(H,27,31)(H,28,29). The Labute approximate surface area is 220 Å². The third-order valence-electron chi connectivity index (χ3n) is 5.44. The lowest BCUT2D eigenvalue weighted by Crippen LogP contribution is -2.22. The topological polar surface area (TPSA) is 128 Å². The van der Waals surface area contributed by atoms with E-state index in [1.54, 1.807) is 10.7 Å². The first kappa shape index (κ1) is 24.8. The van der Waals surface area contributed by atoms with Crippen LogP contribution >= 0.6 is 22.9 Å². The Hall–Kier alpha value is -3.87. The van der Waals surface area contributed by atoms with Gasteiger partial charge < -0.3 is 14.5 Å². The van der Waals surface area contributed by atoms with Crippen molar-refractivity contribution in [3.63, 3.8) is 0 Å². The number of hydrogen-bond acceptors (Lipinski definition) is 8. The zero-order valence-corrected chi connectivity index (χ0v) is 21.7. The molecule has 0 aliphatic rings. The molecule has 0 saturated carbocycles. The summed E-state index contributed by atoms with van der Waals surface area (Å²) in [5, 5.41) is 7.90. The fourth-order valence-electron chi connectivity index (χ4n) is 3.79. The van der Waals surface area contributed by atoms with Crippen molar-refractivity contribution in [3.05, 3.63) is 88.4 Å². The third kappa shape index (κ3) is 5.31. The average molecular weight is 558 g/mol. The van der Waals surface area contributed by atoms with E-state index in [1.165, 1.54) is 31.8 Å². The summed E-state index contributed by atoms with van der Waals surface area (Å²) in [4.78, 5) is 15.9. The van der Waals surface area contributed by atoms with E-state index in [0.29, 0.717) is 27.5 Å².